The maximum absolute atomic E-state index is 2.18. The van der Waals surface area contributed by atoms with Crippen LogP contribution in [-0.2, 0) is 17.1 Å². The Kier molecular flexibility index (Phi) is 51.0. The van der Waals surface area contributed by atoms with Gasteiger partial charge in [-0.1, -0.05) is 47.0 Å². The van der Waals surface area contributed by atoms with Gasteiger partial charge < -0.3 is 0 Å². The van der Waals surface area contributed by atoms with Crippen molar-refractivity contribution in [1.82, 2.24) is 0 Å². The second-order valence-corrected chi connectivity index (χ2v) is 1.71. The Morgan fingerprint density at radius 3 is 0.875 bits per heavy atom. The molecule has 0 saturated carbocycles. The fourth-order valence-electron chi connectivity index (χ4n) is 0. The maximum Gasteiger partial charge on any atom is 0 e. The molecule has 0 heterocycles. The fourth-order valence-corrected chi connectivity index (χ4v) is 0. The molecule has 0 rings (SSSR count). The Balaban J connectivity index is -0.0000000575. The van der Waals surface area contributed by atoms with Crippen LogP contribution in [0.5, 0.6) is 0 Å². The van der Waals surface area contributed by atoms with Crippen molar-refractivity contribution in [2.45, 2.75) is 47.0 Å². The Bertz CT molecular complexity index is 11.9. The predicted octanol–water partition coefficient (Wildman–Crippen LogP) is 3.22. The molecule has 0 aliphatic rings. The zero-order chi connectivity index (χ0) is 6.12. The van der Waals surface area contributed by atoms with Crippen LogP contribution >= 0.6 is 0 Å². The van der Waals surface area contributed by atoms with Crippen LogP contribution in [0.3, 0.4) is 0 Å². The summed E-state index contributed by atoms with van der Waals surface area (Å²) < 4.78 is 0. The van der Waals surface area contributed by atoms with Crippen molar-refractivity contribution in [2.24, 2.45) is 0 Å². The molecule has 0 aromatic heterocycles. The summed E-state index contributed by atoms with van der Waals surface area (Å²) in [5, 5.41) is 0. The van der Waals surface area contributed by atoms with Gasteiger partial charge >= 0.3 is 0 Å². The predicted molar refractivity (Wildman–Crippen MR) is 36.5 cm³/mol. The van der Waals surface area contributed by atoms with Crippen molar-refractivity contribution in [3.8, 4) is 0 Å². The molecule has 0 aromatic rings. The van der Waals surface area contributed by atoms with E-state index in [0.29, 0.717) is 0 Å². The molecule has 0 atom stereocenters. The third kappa shape index (κ3) is 86.0. The largest absolute Gasteiger partial charge is 0.0656 e. The van der Waals surface area contributed by atoms with Gasteiger partial charge in [0, 0.05) is 17.1 Å². The van der Waals surface area contributed by atoms with E-state index >= 15 is 0 Å². The van der Waals surface area contributed by atoms with E-state index in [1.54, 1.807) is 0 Å². The van der Waals surface area contributed by atoms with Gasteiger partial charge in [-0.15, -0.1) is 0 Å². The number of unbranched alkanes of at least 4 members (excludes halogenated alkanes) is 1. The molecule has 0 radical (unpaired) electrons. The minimum absolute atomic E-state index is 0. The minimum atomic E-state index is 0. The van der Waals surface area contributed by atoms with Crippen LogP contribution in [-0.4, -0.2) is 0 Å². The van der Waals surface area contributed by atoms with Crippen molar-refractivity contribution < 1.29 is 17.1 Å². The Morgan fingerprint density at radius 2 is 0.875 bits per heavy atom. The second-order valence-electron chi connectivity index (χ2n) is 1.71. The molecule has 0 bridgehead atoms. The molecule has 0 saturated heterocycles. The SMILES string of the molecule is CCC.CCCC.[Fe]. The maximum atomic E-state index is 2.18. The molecule has 8 heavy (non-hydrogen) atoms. The van der Waals surface area contributed by atoms with Crippen molar-refractivity contribution in [3.05, 3.63) is 0 Å². The summed E-state index contributed by atoms with van der Waals surface area (Å²) in [6, 6.07) is 0. The van der Waals surface area contributed by atoms with E-state index in [2.05, 4.69) is 27.7 Å². The Hall–Kier alpha value is 0.519. The van der Waals surface area contributed by atoms with Crippen molar-refractivity contribution in [1.29, 1.82) is 0 Å². The fraction of sp³-hybridized carbons (Fsp3) is 1.00. The molecule has 0 N–H and O–H groups in total. The van der Waals surface area contributed by atoms with Gasteiger partial charge in [0.25, 0.3) is 0 Å². The Labute approximate surface area is 64.5 Å². The van der Waals surface area contributed by atoms with Gasteiger partial charge in [-0.2, -0.15) is 0 Å². The molecule has 54 valence electrons. The molecular formula is C7H18Fe. The summed E-state index contributed by atoms with van der Waals surface area (Å²) in [5.41, 5.74) is 0. The summed E-state index contributed by atoms with van der Waals surface area (Å²) in [6.07, 6.45) is 3.89. The zero-order valence-electron chi connectivity index (χ0n) is 6.47. The number of hydrogen-bond acceptors (Lipinski definition) is 0. The molecule has 0 aliphatic heterocycles. The minimum Gasteiger partial charge on any atom is -0.0656 e. The number of hydrogen-bond donors (Lipinski definition) is 0. The average Bonchev–Trinajstić information content (AvgIpc) is 1.69. The summed E-state index contributed by atoms with van der Waals surface area (Å²) in [5.74, 6) is 0. The van der Waals surface area contributed by atoms with Gasteiger partial charge in [-0.25, -0.2) is 0 Å². The van der Waals surface area contributed by atoms with E-state index in [0.717, 1.165) is 0 Å². The number of rotatable bonds is 1. The van der Waals surface area contributed by atoms with Crippen molar-refractivity contribution in [3.63, 3.8) is 0 Å². The van der Waals surface area contributed by atoms with Gasteiger partial charge in [0.2, 0.25) is 0 Å². The molecule has 0 nitrogen and oxygen atoms in total. The van der Waals surface area contributed by atoms with Crippen LogP contribution in [0.25, 0.3) is 0 Å². The van der Waals surface area contributed by atoms with Crippen LogP contribution in [0.1, 0.15) is 47.0 Å². The molecule has 1 heteroatoms. The second kappa shape index (κ2) is 25.8. The topological polar surface area (TPSA) is 0 Å². The van der Waals surface area contributed by atoms with E-state index in [1.807, 2.05) is 0 Å². The third-order valence-electron chi connectivity index (χ3n) is 0.500. The average molecular weight is 158 g/mol. The van der Waals surface area contributed by atoms with Crippen LogP contribution in [0, 0.1) is 0 Å². The zero-order valence-corrected chi connectivity index (χ0v) is 7.58. The first kappa shape index (κ1) is 15.8. The van der Waals surface area contributed by atoms with Gasteiger partial charge in [0.05, 0.1) is 0 Å². The first-order chi connectivity index (χ1) is 3.33. The quantitative estimate of drug-likeness (QED) is 0.514. The summed E-state index contributed by atoms with van der Waals surface area (Å²) in [7, 11) is 0. The molecule has 0 fully saturated rings. The van der Waals surface area contributed by atoms with E-state index in [-0.39, 0.29) is 17.1 Å². The normalized spacial score (nSPS) is 6.00. The molecule has 0 aromatic carbocycles. The first-order valence-electron chi connectivity index (χ1n) is 3.33. The van der Waals surface area contributed by atoms with Crippen molar-refractivity contribution in [2.75, 3.05) is 0 Å². The standard InChI is InChI=1S/C4H10.C3H8.Fe/c1-3-4-2;1-3-2;/h3-4H2,1-2H3;3H2,1-2H3;. The summed E-state index contributed by atoms with van der Waals surface area (Å²) >= 11 is 0. The smallest absolute Gasteiger partial charge is 0 e. The summed E-state index contributed by atoms with van der Waals surface area (Å²) in [6.45, 7) is 8.61. The van der Waals surface area contributed by atoms with Crippen LogP contribution in [0.2, 0.25) is 0 Å². The van der Waals surface area contributed by atoms with Crippen molar-refractivity contribution >= 4 is 0 Å². The third-order valence-corrected chi connectivity index (χ3v) is 0.500. The molecular weight excluding hydrogens is 140 g/mol. The van der Waals surface area contributed by atoms with E-state index in [4.69, 9.17) is 0 Å². The van der Waals surface area contributed by atoms with E-state index in [1.165, 1.54) is 19.3 Å². The molecule has 0 unspecified atom stereocenters. The van der Waals surface area contributed by atoms with E-state index < -0.39 is 0 Å². The van der Waals surface area contributed by atoms with E-state index in [9.17, 15) is 0 Å². The van der Waals surface area contributed by atoms with Gasteiger partial charge in [-0.3, -0.25) is 0 Å². The van der Waals surface area contributed by atoms with Crippen LogP contribution in [0.15, 0.2) is 0 Å². The summed E-state index contributed by atoms with van der Waals surface area (Å²) in [4.78, 5) is 0. The van der Waals surface area contributed by atoms with Gasteiger partial charge in [-0.05, 0) is 0 Å². The van der Waals surface area contributed by atoms with Crippen LogP contribution < -0.4 is 0 Å². The monoisotopic (exact) mass is 158 g/mol. The van der Waals surface area contributed by atoms with Gasteiger partial charge in [0.15, 0.2) is 0 Å². The Morgan fingerprint density at radius 1 is 0.750 bits per heavy atom. The first-order valence-corrected chi connectivity index (χ1v) is 3.33. The van der Waals surface area contributed by atoms with Crippen LogP contribution in [0.4, 0.5) is 0 Å². The molecule has 0 spiro atoms. The van der Waals surface area contributed by atoms with Gasteiger partial charge in [0.1, 0.15) is 0 Å². The molecule has 0 aliphatic carbocycles. The molecule has 0 amide bonds.